The maximum absolute atomic E-state index is 3.53. The monoisotopic (exact) mass is 175 g/mol. The fourth-order valence-electron chi connectivity index (χ4n) is 2.20. The Hall–Kier alpha value is -0.820. The van der Waals surface area contributed by atoms with E-state index in [9.17, 15) is 0 Å². The van der Waals surface area contributed by atoms with Gasteiger partial charge >= 0.3 is 0 Å². The van der Waals surface area contributed by atoms with E-state index in [4.69, 9.17) is 0 Å². The molecule has 2 unspecified atom stereocenters. The van der Waals surface area contributed by atoms with Crippen molar-refractivity contribution in [3.05, 3.63) is 35.9 Å². The summed E-state index contributed by atoms with van der Waals surface area (Å²) in [5.41, 5.74) is 1.49. The lowest BCUT2D eigenvalue weighted by atomic mass is 9.86. The minimum Gasteiger partial charge on any atom is -0.314 e. The molecule has 1 aliphatic heterocycles. The van der Waals surface area contributed by atoms with Crippen LogP contribution in [-0.4, -0.2) is 12.6 Å². The van der Waals surface area contributed by atoms with E-state index in [-0.39, 0.29) is 0 Å². The lowest BCUT2D eigenvalue weighted by Gasteiger charge is -2.30. The lowest BCUT2D eigenvalue weighted by Crippen LogP contribution is -2.37. The first-order valence-corrected chi connectivity index (χ1v) is 5.16. The van der Waals surface area contributed by atoms with Crippen LogP contribution in [-0.2, 0) is 0 Å². The summed E-state index contributed by atoms with van der Waals surface area (Å²) in [6.07, 6.45) is 2.64. The van der Waals surface area contributed by atoms with Crippen molar-refractivity contribution in [2.45, 2.75) is 31.7 Å². The summed E-state index contributed by atoms with van der Waals surface area (Å²) in [6.45, 7) is 3.47. The summed E-state index contributed by atoms with van der Waals surface area (Å²) in [4.78, 5) is 0. The molecule has 0 amide bonds. The Morgan fingerprint density at radius 3 is 2.69 bits per heavy atom. The van der Waals surface area contributed by atoms with Crippen LogP contribution in [0.3, 0.4) is 0 Å². The van der Waals surface area contributed by atoms with Gasteiger partial charge in [-0.05, 0) is 37.8 Å². The zero-order chi connectivity index (χ0) is 9.10. The van der Waals surface area contributed by atoms with Crippen LogP contribution < -0.4 is 5.32 Å². The summed E-state index contributed by atoms with van der Waals surface area (Å²) in [7, 11) is 0. The molecule has 1 N–H and O–H groups in total. The number of hydrogen-bond donors (Lipinski definition) is 1. The molecule has 1 heteroatoms. The zero-order valence-corrected chi connectivity index (χ0v) is 8.16. The number of benzene rings is 1. The van der Waals surface area contributed by atoms with Crippen molar-refractivity contribution in [2.24, 2.45) is 0 Å². The highest BCUT2D eigenvalue weighted by molar-refractivity contribution is 5.21. The van der Waals surface area contributed by atoms with Crippen LogP contribution in [0.15, 0.2) is 30.3 Å². The molecule has 1 aromatic rings. The molecule has 0 saturated carbocycles. The molecule has 1 fully saturated rings. The van der Waals surface area contributed by atoms with Crippen molar-refractivity contribution in [2.75, 3.05) is 6.54 Å². The van der Waals surface area contributed by atoms with E-state index in [2.05, 4.69) is 42.6 Å². The van der Waals surface area contributed by atoms with Crippen molar-refractivity contribution in [3.8, 4) is 0 Å². The number of hydrogen-bond acceptors (Lipinski definition) is 1. The van der Waals surface area contributed by atoms with Gasteiger partial charge in [-0.2, -0.15) is 0 Å². The normalized spacial score (nSPS) is 28.7. The van der Waals surface area contributed by atoms with E-state index in [0.717, 1.165) is 5.92 Å². The van der Waals surface area contributed by atoms with E-state index in [1.165, 1.54) is 24.9 Å². The molecule has 0 aromatic heterocycles. The number of nitrogens with one attached hydrogen (secondary N) is 1. The minimum absolute atomic E-state index is 0.635. The minimum atomic E-state index is 0.635. The molecule has 0 spiro atoms. The maximum Gasteiger partial charge on any atom is 0.0107 e. The van der Waals surface area contributed by atoms with Crippen LogP contribution in [0, 0.1) is 0 Å². The van der Waals surface area contributed by atoms with Crippen molar-refractivity contribution in [3.63, 3.8) is 0 Å². The van der Waals surface area contributed by atoms with Crippen LogP contribution in [0.5, 0.6) is 0 Å². The molecule has 1 heterocycles. The largest absolute Gasteiger partial charge is 0.314 e. The molecule has 2 rings (SSSR count). The predicted octanol–water partition coefficient (Wildman–Crippen LogP) is 2.54. The van der Waals surface area contributed by atoms with Crippen LogP contribution >= 0.6 is 0 Å². The Kier molecular flexibility index (Phi) is 2.65. The average molecular weight is 175 g/mol. The van der Waals surface area contributed by atoms with Gasteiger partial charge in [0.25, 0.3) is 0 Å². The van der Waals surface area contributed by atoms with Gasteiger partial charge in [0.1, 0.15) is 0 Å². The van der Waals surface area contributed by atoms with Gasteiger partial charge in [-0.25, -0.2) is 0 Å². The van der Waals surface area contributed by atoms with E-state index < -0.39 is 0 Å². The third-order valence-electron chi connectivity index (χ3n) is 2.99. The zero-order valence-electron chi connectivity index (χ0n) is 8.16. The van der Waals surface area contributed by atoms with E-state index in [0.29, 0.717) is 6.04 Å². The summed E-state index contributed by atoms with van der Waals surface area (Å²) >= 11 is 0. The number of piperidine rings is 1. The molecule has 1 nitrogen and oxygen atoms in total. The first-order chi connectivity index (χ1) is 6.38. The SMILES string of the molecule is CC1NCCCC1c1ccccc1. The number of rotatable bonds is 1. The molecule has 1 saturated heterocycles. The lowest BCUT2D eigenvalue weighted by molar-refractivity contribution is 0.371. The van der Waals surface area contributed by atoms with Crippen molar-refractivity contribution in [1.82, 2.24) is 5.32 Å². The van der Waals surface area contributed by atoms with Crippen LogP contribution in [0.25, 0.3) is 0 Å². The van der Waals surface area contributed by atoms with Gasteiger partial charge in [-0.3, -0.25) is 0 Å². The van der Waals surface area contributed by atoms with Crippen molar-refractivity contribution >= 4 is 0 Å². The molecule has 0 bridgehead atoms. The summed E-state index contributed by atoms with van der Waals surface area (Å²) in [5, 5.41) is 3.53. The molecule has 0 aliphatic carbocycles. The Morgan fingerprint density at radius 1 is 1.23 bits per heavy atom. The second-order valence-corrected chi connectivity index (χ2v) is 3.90. The second-order valence-electron chi connectivity index (χ2n) is 3.90. The molecule has 1 aromatic carbocycles. The highest BCUT2D eigenvalue weighted by atomic mass is 14.9. The standard InChI is InChI=1S/C12H17N/c1-10-12(8-5-9-13-10)11-6-3-2-4-7-11/h2-4,6-7,10,12-13H,5,8-9H2,1H3. The third-order valence-corrected chi connectivity index (χ3v) is 2.99. The highest BCUT2D eigenvalue weighted by Gasteiger charge is 2.21. The molecule has 2 atom stereocenters. The fraction of sp³-hybridized carbons (Fsp3) is 0.500. The fourth-order valence-corrected chi connectivity index (χ4v) is 2.20. The Labute approximate surface area is 80.2 Å². The summed E-state index contributed by atoms with van der Waals surface area (Å²) in [6, 6.07) is 11.5. The molecule has 70 valence electrons. The van der Waals surface area contributed by atoms with Gasteiger partial charge in [0.15, 0.2) is 0 Å². The van der Waals surface area contributed by atoms with Crippen LogP contribution in [0.1, 0.15) is 31.2 Å². The first-order valence-electron chi connectivity index (χ1n) is 5.16. The molecular formula is C12H17N. The topological polar surface area (TPSA) is 12.0 Å². The quantitative estimate of drug-likeness (QED) is 0.691. The highest BCUT2D eigenvalue weighted by Crippen LogP contribution is 2.27. The van der Waals surface area contributed by atoms with Gasteiger partial charge in [0, 0.05) is 6.04 Å². The Morgan fingerprint density at radius 2 is 2.00 bits per heavy atom. The summed E-state index contributed by atoms with van der Waals surface area (Å²) < 4.78 is 0. The predicted molar refractivity (Wildman–Crippen MR) is 55.9 cm³/mol. The Bertz CT molecular complexity index is 255. The molecule has 13 heavy (non-hydrogen) atoms. The Balaban J connectivity index is 2.15. The van der Waals surface area contributed by atoms with E-state index in [1.807, 2.05) is 0 Å². The van der Waals surface area contributed by atoms with Crippen LogP contribution in [0.4, 0.5) is 0 Å². The van der Waals surface area contributed by atoms with Crippen molar-refractivity contribution in [1.29, 1.82) is 0 Å². The van der Waals surface area contributed by atoms with Gasteiger partial charge in [0.05, 0.1) is 0 Å². The summed E-state index contributed by atoms with van der Waals surface area (Å²) in [5.74, 6) is 0.718. The third kappa shape index (κ3) is 1.92. The van der Waals surface area contributed by atoms with Gasteiger partial charge in [-0.15, -0.1) is 0 Å². The average Bonchev–Trinajstić information content (AvgIpc) is 2.20. The molecule has 1 aliphatic rings. The second kappa shape index (κ2) is 3.93. The molecular weight excluding hydrogens is 158 g/mol. The van der Waals surface area contributed by atoms with Gasteiger partial charge in [0.2, 0.25) is 0 Å². The van der Waals surface area contributed by atoms with Gasteiger partial charge < -0.3 is 5.32 Å². The van der Waals surface area contributed by atoms with E-state index in [1.54, 1.807) is 0 Å². The van der Waals surface area contributed by atoms with Gasteiger partial charge in [-0.1, -0.05) is 30.3 Å². The smallest absolute Gasteiger partial charge is 0.0107 e. The molecule has 0 radical (unpaired) electrons. The van der Waals surface area contributed by atoms with Crippen LogP contribution in [0.2, 0.25) is 0 Å². The maximum atomic E-state index is 3.53. The van der Waals surface area contributed by atoms with E-state index >= 15 is 0 Å². The van der Waals surface area contributed by atoms with Crippen molar-refractivity contribution < 1.29 is 0 Å². The first kappa shape index (κ1) is 8.76.